The van der Waals surface area contributed by atoms with Gasteiger partial charge in [-0.3, -0.25) is 0 Å². The Hall–Kier alpha value is -0.720. The van der Waals surface area contributed by atoms with Crippen molar-refractivity contribution in [1.29, 1.82) is 0 Å². The molecule has 0 fully saturated rings. The second-order valence-electron chi connectivity index (χ2n) is 3.32. The van der Waals surface area contributed by atoms with Crippen molar-refractivity contribution in [3.63, 3.8) is 0 Å². The maximum atomic E-state index is 5.15. The second-order valence-corrected chi connectivity index (χ2v) is 3.32. The highest BCUT2D eigenvalue weighted by atomic mass is 16.5. The Morgan fingerprint density at radius 1 is 1.55 bits per heavy atom. The Bertz CT molecular complexity index is 177. The van der Waals surface area contributed by atoms with Gasteiger partial charge in [0.15, 0.2) is 0 Å². The predicted octanol–water partition coefficient (Wildman–Crippen LogP) is 2.75. The fourth-order valence-electron chi connectivity index (χ4n) is 1.28. The van der Waals surface area contributed by atoms with Gasteiger partial charge in [-0.05, 0) is 30.4 Å². The first kappa shape index (κ1) is 8.38. The molecule has 0 aromatic rings. The Labute approximate surface area is 68.8 Å². The third kappa shape index (κ3) is 2.11. The molecule has 0 aromatic carbocycles. The quantitative estimate of drug-likeness (QED) is 0.591. The van der Waals surface area contributed by atoms with Crippen LogP contribution in [0.4, 0.5) is 0 Å². The van der Waals surface area contributed by atoms with Gasteiger partial charge in [0.1, 0.15) is 5.76 Å². The molecule has 0 spiro atoms. The molecule has 0 radical (unpaired) electrons. The molecule has 0 saturated heterocycles. The van der Waals surface area contributed by atoms with E-state index >= 15 is 0 Å². The van der Waals surface area contributed by atoms with Crippen molar-refractivity contribution in [2.45, 2.75) is 20.3 Å². The smallest absolute Gasteiger partial charge is 0.114 e. The largest absolute Gasteiger partial charge is 0.497 e. The lowest BCUT2D eigenvalue weighted by atomic mass is 9.89. The normalized spacial score (nSPS) is 23.6. The van der Waals surface area contributed by atoms with Crippen LogP contribution in [0.2, 0.25) is 0 Å². The van der Waals surface area contributed by atoms with Crippen LogP contribution in [0.3, 0.4) is 0 Å². The zero-order chi connectivity index (χ0) is 8.27. The molecule has 0 N–H and O–H groups in total. The van der Waals surface area contributed by atoms with Crippen LogP contribution >= 0.6 is 0 Å². The first-order valence-corrected chi connectivity index (χ1v) is 4.16. The van der Waals surface area contributed by atoms with Crippen molar-refractivity contribution in [3.05, 3.63) is 24.0 Å². The molecular formula is C10H16O. The van der Waals surface area contributed by atoms with Crippen molar-refractivity contribution in [2.24, 2.45) is 11.8 Å². The SMILES string of the molecule is COC1=CC(C(C)C)CC=C1. The van der Waals surface area contributed by atoms with E-state index in [4.69, 9.17) is 4.74 Å². The molecule has 0 saturated carbocycles. The summed E-state index contributed by atoms with van der Waals surface area (Å²) in [5.41, 5.74) is 0. The summed E-state index contributed by atoms with van der Waals surface area (Å²) in [4.78, 5) is 0. The van der Waals surface area contributed by atoms with Crippen molar-refractivity contribution in [1.82, 2.24) is 0 Å². The monoisotopic (exact) mass is 152 g/mol. The zero-order valence-electron chi connectivity index (χ0n) is 7.50. The molecule has 1 rings (SSSR count). The lowest BCUT2D eigenvalue weighted by Crippen LogP contribution is -2.08. The van der Waals surface area contributed by atoms with Crippen LogP contribution < -0.4 is 0 Å². The van der Waals surface area contributed by atoms with Crippen LogP contribution in [-0.4, -0.2) is 7.11 Å². The van der Waals surface area contributed by atoms with Crippen molar-refractivity contribution in [2.75, 3.05) is 7.11 Å². The molecule has 0 amide bonds. The van der Waals surface area contributed by atoms with E-state index in [0.29, 0.717) is 11.8 Å². The first-order valence-electron chi connectivity index (χ1n) is 4.16. The summed E-state index contributed by atoms with van der Waals surface area (Å²) in [7, 11) is 1.72. The summed E-state index contributed by atoms with van der Waals surface area (Å²) in [5, 5.41) is 0. The topological polar surface area (TPSA) is 9.23 Å². The average molecular weight is 152 g/mol. The Morgan fingerprint density at radius 2 is 2.27 bits per heavy atom. The van der Waals surface area contributed by atoms with Crippen LogP contribution in [0.1, 0.15) is 20.3 Å². The molecule has 0 heterocycles. The molecule has 11 heavy (non-hydrogen) atoms. The molecule has 1 atom stereocenters. The summed E-state index contributed by atoms with van der Waals surface area (Å²) in [5.74, 6) is 2.38. The van der Waals surface area contributed by atoms with Crippen molar-refractivity contribution in [3.8, 4) is 0 Å². The van der Waals surface area contributed by atoms with Gasteiger partial charge >= 0.3 is 0 Å². The average Bonchev–Trinajstić information content (AvgIpc) is 2.05. The lowest BCUT2D eigenvalue weighted by molar-refractivity contribution is 0.294. The van der Waals surface area contributed by atoms with E-state index in [1.165, 1.54) is 0 Å². The first-order chi connectivity index (χ1) is 5.24. The Kier molecular flexibility index (Phi) is 2.75. The third-order valence-electron chi connectivity index (χ3n) is 2.16. The highest BCUT2D eigenvalue weighted by molar-refractivity contribution is 5.18. The minimum atomic E-state index is 0.662. The maximum Gasteiger partial charge on any atom is 0.114 e. The molecule has 0 aliphatic heterocycles. The van der Waals surface area contributed by atoms with Crippen LogP contribution in [0.25, 0.3) is 0 Å². The third-order valence-corrected chi connectivity index (χ3v) is 2.16. The molecule has 1 aliphatic rings. The molecule has 1 unspecified atom stereocenters. The van der Waals surface area contributed by atoms with Crippen LogP contribution in [0.15, 0.2) is 24.0 Å². The molecule has 0 bridgehead atoms. The summed E-state index contributed by atoms with van der Waals surface area (Å²) < 4.78 is 5.15. The van der Waals surface area contributed by atoms with Gasteiger partial charge in [0.2, 0.25) is 0 Å². The zero-order valence-corrected chi connectivity index (χ0v) is 7.50. The van der Waals surface area contributed by atoms with Crippen LogP contribution in [-0.2, 0) is 4.74 Å². The van der Waals surface area contributed by atoms with Gasteiger partial charge in [-0.25, -0.2) is 0 Å². The fraction of sp³-hybridized carbons (Fsp3) is 0.600. The van der Waals surface area contributed by atoms with Crippen LogP contribution in [0, 0.1) is 11.8 Å². The van der Waals surface area contributed by atoms with Crippen molar-refractivity contribution < 1.29 is 4.74 Å². The van der Waals surface area contributed by atoms with Gasteiger partial charge in [0.05, 0.1) is 7.11 Å². The summed E-state index contributed by atoms with van der Waals surface area (Å²) >= 11 is 0. The number of hydrogen-bond acceptors (Lipinski definition) is 1. The van der Waals surface area contributed by atoms with E-state index in [0.717, 1.165) is 12.2 Å². The minimum Gasteiger partial charge on any atom is -0.497 e. The molecular weight excluding hydrogens is 136 g/mol. The van der Waals surface area contributed by atoms with E-state index in [9.17, 15) is 0 Å². The van der Waals surface area contributed by atoms with E-state index in [1.54, 1.807) is 7.11 Å². The number of rotatable bonds is 2. The van der Waals surface area contributed by atoms with Gasteiger partial charge in [0, 0.05) is 0 Å². The Morgan fingerprint density at radius 3 is 2.82 bits per heavy atom. The standard InChI is InChI=1S/C10H16O/c1-8(2)9-5-4-6-10(7-9)11-3/h4,6-9H,5H2,1-3H3. The number of ether oxygens (including phenoxy) is 1. The predicted molar refractivity (Wildman–Crippen MR) is 47.2 cm³/mol. The van der Waals surface area contributed by atoms with Gasteiger partial charge in [-0.2, -0.15) is 0 Å². The molecule has 62 valence electrons. The number of methoxy groups -OCH3 is 1. The van der Waals surface area contributed by atoms with Gasteiger partial charge in [-0.15, -0.1) is 0 Å². The molecule has 1 heteroatoms. The van der Waals surface area contributed by atoms with Gasteiger partial charge in [-0.1, -0.05) is 19.9 Å². The van der Waals surface area contributed by atoms with Crippen molar-refractivity contribution >= 4 is 0 Å². The maximum absolute atomic E-state index is 5.15. The van der Waals surface area contributed by atoms with Gasteiger partial charge in [0.25, 0.3) is 0 Å². The molecule has 1 nitrogen and oxygen atoms in total. The molecule has 0 aromatic heterocycles. The highest BCUT2D eigenvalue weighted by Gasteiger charge is 2.12. The van der Waals surface area contributed by atoms with Crippen LogP contribution in [0.5, 0.6) is 0 Å². The fourth-order valence-corrected chi connectivity index (χ4v) is 1.28. The van der Waals surface area contributed by atoms with E-state index in [-0.39, 0.29) is 0 Å². The highest BCUT2D eigenvalue weighted by Crippen LogP contribution is 2.23. The van der Waals surface area contributed by atoms with Gasteiger partial charge < -0.3 is 4.74 Å². The number of allylic oxidation sites excluding steroid dienone is 3. The minimum absolute atomic E-state index is 0.662. The molecule has 1 aliphatic carbocycles. The van der Waals surface area contributed by atoms with E-state index < -0.39 is 0 Å². The number of hydrogen-bond donors (Lipinski definition) is 0. The summed E-state index contributed by atoms with van der Waals surface area (Å²) in [6, 6.07) is 0. The summed E-state index contributed by atoms with van der Waals surface area (Å²) in [6.07, 6.45) is 7.59. The second kappa shape index (κ2) is 3.61. The summed E-state index contributed by atoms with van der Waals surface area (Å²) in [6.45, 7) is 4.49. The Balaban J connectivity index is 2.61. The van der Waals surface area contributed by atoms with E-state index in [2.05, 4.69) is 26.0 Å². The lowest BCUT2D eigenvalue weighted by Gasteiger charge is -2.19. The van der Waals surface area contributed by atoms with E-state index in [1.807, 2.05) is 6.08 Å².